The fraction of sp³-hybridized carbons (Fsp3) is 0.714. The summed E-state index contributed by atoms with van der Waals surface area (Å²) in [6.07, 6.45) is -4.68. The first-order valence-electron chi connectivity index (χ1n) is 7.37. The molecule has 0 aromatic carbocycles. The van der Waals surface area contributed by atoms with Gasteiger partial charge in [-0.2, -0.15) is 18.3 Å². The van der Waals surface area contributed by atoms with Crippen LogP contribution in [0.15, 0.2) is 0 Å². The lowest BCUT2D eigenvalue weighted by Crippen LogP contribution is -2.23. The van der Waals surface area contributed by atoms with Crippen LogP contribution in [0.5, 0.6) is 0 Å². The van der Waals surface area contributed by atoms with Gasteiger partial charge in [-0.3, -0.25) is 0 Å². The highest BCUT2D eigenvalue weighted by molar-refractivity contribution is 6.76. The van der Waals surface area contributed by atoms with Gasteiger partial charge in [-0.1, -0.05) is 19.6 Å². The highest BCUT2D eigenvalue weighted by atomic mass is 28.3. The second kappa shape index (κ2) is 7.48. The fourth-order valence-electron chi connectivity index (χ4n) is 1.95. The zero-order valence-electron chi connectivity index (χ0n) is 14.1. The smallest absolute Gasteiger partial charge is 0.420 e. The van der Waals surface area contributed by atoms with E-state index in [0.29, 0.717) is 6.61 Å². The van der Waals surface area contributed by atoms with Crippen molar-refractivity contribution < 1.29 is 27.4 Å². The van der Waals surface area contributed by atoms with Gasteiger partial charge in [0, 0.05) is 14.7 Å². The van der Waals surface area contributed by atoms with Crippen LogP contribution in [0, 0.1) is 6.92 Å². The van der Waals surface area contributed by atoms with Crippen molar-refractivity contribution in [3.05, 3.63) is 17.0 Å². The molecular weight excluding hydrogens is 329 g/mol. The molecule has 0 aliphatic heterocycles. The molecule has 0 aliphatic rings. The summed E-state index contributed by atoms with van der Waals surface area (Å²) in [7, 11) is -1.31. The van der Waals surface area contributed by atoms with Crippen LogP contribution in [0.1, 0.15) is 28.7 Å². The normalized spacial score (nSPS) is 12.5. The van der Waals surface area contributed by atoms with E-state index >= 15 is 0 Å². The van der Waals surface area contributed by atoms with Crippen LogP contribution in [-0.2, 0) is 22.4 Å². The lowest BCUT2D eigenvalue weighted by Gasteiger charge is -2.16. The Bertz CT molecular complexity index is 551. The molecule has 9 heteroatoms. The largest absolute Gasteiger partial charge is 0.461 e. The maximum Gasteiger partial charge on any atom is 0.420 e. The van der Waals surface area contributed by atoms with E-state index in [-0.39, 0.29) is 19.0 Å². The minimum atomic E-state index is -4.68. The van der Waals surface area contributed by atoms with Gasteiger partial charge in [0.15, 0.2) is 5.69 Å². The van der Waals surface area contributed by atoms with Crippen molar-refractivity contribution in [2.24, 2.45) is 0 Å². The number of halogens is 3. The van der Waals surface area contributed by atoms with Crippen LogP contribution in [0.2, 0.25) is 25.7 Å². The lowest BCUT2D eigenvalue weighted by molar-refractivity contribution is -0.138. The predicted octanol–water partition coefficient (Wildman–Crippen LogP) is 3.70. The Labute approximate surface area is 134 Å². The van der Waals surface area contributed by atoms with Crippen molar-refractivity contribution >= 4 is 14.0 Å². The number of nitrogens with zero attached hydrogens (tertiary/aromatic N) is 2. The highest BCUT2D eigenvalue weighted by Crippen LogP contribution is 2.34. The Balaban J connectivity index is 3.00. The molecule has 0 aliphatic carbocycles. The van der Waals surface area contributed by atoms with Crippen molar-refractivity contribution in [2.75, 3.05) is 13.2 Å². The molecule has 0 spiro atoms. The molecular formula is C14H23F3N2O3Si. The fourth-order valence-corrected chi connectivity index (χ4v) is 2.71. The van der Waals surface area contributed by atoms with Crippen molar-refractivity contribution in [2.45, 2.75) is 52.4 Å². The van der Waals surface area contributed by atoms with E-state index in [4.69, 9.17) is 9.47 Å². The Kier molecular flexibility index (Phi) is 6.40. The Morgan fingerprint density at radius 1 is 1.30 bits per heavy atom. The zero-order chi connectivity index (χ0) is 17.8. The van der Waals surface area contributed by atoms with Crippen LogP contribution in [0.3, 0.4) is 0 Å². The number of carbonyl (C=O) groups is 1. The average molecular weight is 352 g/mol. The molecule has 1 heterocycles. The molecule has 23 heavy (non-hydrogen) atoms. The lowest BCUT2D eigenvalue weighted by atomic mass is 10.2. The Morgan fingerprint density at radius 2 is 1.91 bits per heavy atom. The zero-order valence-corrected chi connectivity index (χ0v) is 15.1. The molecule has 0 radical (unpaired) electrons. The third-order valence-electron chi connectivity index (χ3n) is 3.09. The van der Waals surface area contributed by atoms with E-state index in [1.807, 2.05) is 0 Å². The molecule has 0 amide bonds. The summed E-state index contributed by atoms with van der Waals surface area (Å²) in [6, 6.07) is 0.869. The van der Waals surface area contributed by atoms with Crippen LogP contribution in [0.25, 0.3) is 0 Å². The van der Waals surface area contributed by atoms with E-state index < -0.39 is 31.5 Å². The monoisotopic (exact) mass is 352 g/mol. The van der Waals surface area contributed by atoms with Crippen LogP contribution >= 0.6 is 0 Å². The molecule has 5 nitrogen and oxygen atoms in total. The number of ether oxygens (including phenoxy) is 2. The summed E-state index contributed by atoms with van der Waals surface area (Å²) in [4.78, 5) is 11.9. The molecule has 0 fully saturated rings. The number of esters is 1. The number of hydrogen-bond donors (Lipinski definition) is 0. The first kappa shape index (κ1) is 19.7. The summed E-state index contributed by atoms with van der Waals surface area (Å²) < 4.78 is 50.6. The Hall–Kier alpha value is -1.35. The molecule has 132 valence electrons. The van der Waals surface area contributed by atoms with Crippen molar-refractivity contribution in [3.63, 3.8) is 0 Å². The summed E-state index contributed by atoms with van der Waals surface area (Å²) in [5.74, 6) is -1.05. The van der Waals surface area contributed by atoms with E-state index in [1.54, 1.807) is 0 Å². The van der Waals surface area contributed by atoms with Gasteiger partial charge >= 0.3 is 12.1 Å². The van der Waals surface area contributed by atoms with Crippen molar-refractivity contribution in [1.82, 2.24) is 9.78 Å². The quantitative estimate of drug-likeness (QED) is 0.427. The molecule has 0 bridgehead atoms. The van der Waals surface area contributed by atoms with E-state index in [2.05, 4.69) is 24.7 Å². The number of alkyl halides is 3. The van der Waals surface area contributed by atoms with Gasteiger partial charge in [0.2, 0.25) is 0 Å². The molecule has 0 atom stereocenters. The van der Waals surface area contributed by atoms with Gasteiger partial charge in [0.05, 0.1) is 12.3 Å². The minimum absolute atomic E-state index is 0.0170. The van der Waals surface area contributed by atoms with Gasteiger partial charge in [-0.15, -0.1) is 0 Å². The summed E-state index contributed by atoms with van der Waals surface area (Å²) in [6.45, 7) is 9.43. The Morgan fingerprint density at radius 3 is 2.39 bits per heavy atom. The van der Waals surface area contributed by atoms with E-state index in [1.165, 1.54) is 13.8 Å². The number of carbonyl (C=O) groups excluding carboxylic acids is 1. The van der Waals surface area contributed by atoms with Gasteiger partial charge in [0.1, 0.15) is 12.3 Å². The van der Waals surface area contributed by atoms with Gasteiger partial charge in [-0.25, -0.2) is 9.48 Å². The molecule has 0 unspecified atom stereocenters. The standard InChI is InChI=1S/C14H23F3N2O3Si/c1-6-22-13(20)12-11(14(15,16)17)10(2)18-19(12)9-21-7-8-23(3,4)5/h6-9H2,1-5H3. The van der Waals surface area contributed by atoms with Gasteiger partial charge < -0.3 is 9.47 Å². The number of hydrogen-bond acceptors (Lipinski definition) is 4. The van der Waals surface area contributed by atoms with Gasteiger partial charge in [-0.05, 0) is 19.9 Å². The average Bonchev–Trinajstić information content (AvgIpc) is 2.70. The second-order valence-electron chi connectivity index (χ2n) is 6.37. The van der Waals surface area contributed by atoms with Crippen LogP contribution < -0.4 is 0 Å². The first-order valence-corrected chi connectivity index (χ1v) is 11.1. The molecule has 0 saturated heterocycles. The van der Waals surface area contributed by atoms with E-state index in [9.17, 15) is 18.0 Å². The molecule has 1 aromatic rings. The highest BCUT2D eigenvalue weighted by Gasteiger charge is 2.41. The maximum absolute atomic E-state index is 13.2. The topological polar surface area (TPSA) is 53.3 Å². The van der Waals surface area contributed by atoms with Crippen LogP contribution in [0.4, 0.5) is 13.2 Å². The van der Waals surface area contributed by atoms with E-state index in [0.717, 1.165) is 10.7 Å². The minimum Gasteiger partial charge on any atom is -0.461 e. The first-order chi connectivity index (χ1) is 10.5. The third kappa shape index (κ3) is 5.65. The predicted molar refractivity (Wildman–Crippen MR) is 82.0 cm³/mol. The molecule has 0 N–H and O–H groups in total. The van der Waals surface area contributed by atoms with Crippen molar-refractivity contribution in [1.29, 1.82) is 0 Å². The van der Waals surface area contributed by atoms with Crippen LogP contribution in [-0.4, -0.2) is 37.0 Å². The number of rotatable bonds is 7. The third-order valence-corrected chi connectivity index (χ3v) is 4.79. The summed E-state index contributed by atoms with van der Waals surface area (Å²) >= 11 is 0. The second-order valence-corrected chi connectivity index (χ2v) is 12.0. The maximum atomic E-state index is 13.2. The number of aryl methyl sites for hydroxylation is 1. The summed E-state index contributed by atoms with van der Waals surface area (Å²) in [5, 5.41) is 3.80. The SMILES string of the molecule is CCOC(=O)c1c(C(F)(F)F)c(C)nn1COCC[Si](C)(C)C. The summed E-state index contributed by atoms with van der Waals surface area (Å²) in [5.41, 5.74) is -1.94. The molecule has 0 saturated carbocycles. The van der Waals surface area contributed by atoms with Gasteiger partial charge in [0.25, 0.3) is 0 Å². The molecule has 1 aromatic heterocycles. The van der Waals surface area contributed by atoms with Crippen molar-refractivity contribution in [3.8, 4) is 0 Å². The molecule has 1 rings (SSSR count). The number of aromatic nitrogens is 2.